The summed E-state index contributed by atoms with van der Waals surface area (Å²) in [5.74, 6) is -1.76. The van der Waals surface area contributed by atoms with Crippen LogP contribution in [0.2, 0.25) is 0 Å². The van der Waals surface area contributed by atoms with E-state index in [1.54, 1.807) is 6.26 Å². The predicted molar refractivity (Wildman–Crippen MR) is 225 cm³/mol. The number of ether oxygens (including phenoxy) is 1. The van der Waals surface area contributed by atoms with Crippen molar-refractivity contribution in [3.05, 3.63) is 105 Å². The molecule has 3 N–H and O–H groups in total. The van der Waals surface area contributed by atoms with Crippen molar-refractivity contribution in [1.82, 2.24) is 4.31 Å². The van der Waals surface area contributed by atoms with Gasteiger partial charge < -0.3 is 15.4 Å². The Morgan fingerprint density at radius 2 is 1.31 bits per heavy atom. The monoisotopic (exact) mass is 938 g/mol. The van der Waals surface area contributed by atoms with Crippen LogP contribution in [0.15, 0.2) is 97.3 Å². The molecule has 0 unspecified atom stereocenters. The molecule has 0 aromatic heterocycles. The average Bonchev–Trinajstić information content (AvgIpc) is 3.19. The summed E-state index contributed by atoms with van der Waals surface area (Å²) in [6, 6.07) is 13.7. The summed E-state index contributed by atoms with van der Waals surface area (Å²) in [7, 11) is -17.6. The molecular weight excluding hydrogens is 901 g/mol. The van der Waals surface area contributed by atoms with Crippen LogP contribution in [-0.2, 0) is 49.0 Å². The number of benzene rings is 4. The van der Waals surface area contributed by atoms with Crippen LogP contribution < -0.4 is 10.6 Å². The van der Waals surface area contributed by atoms with Crippen molar-refractivity contribution in [3.63, 3.8) is 0 Å². The Labute approximate surface area is 356 Å². The summed E-state index contributed by atoms with van der Waals surface area (Å²) in [5.41, 5.74) is -1.71. The Kier molecular flexibility index (Phi) is 14.3. The van der Waals surface area contributed by atoms with Gasteiger partial charge in [-0.05, 0) is 85.8 Å². The zero-order chi connectivity index (χ0) is 45.1. The number of sulfone groups is 1. The van der Waals surface area contributed by atoms with Crippen molar-refractivity contribution in [2.24, 2.45) is 0 Å². The van der Waals surface area contributed by atoms with E-state index in [2.05, 4.69) is 10.6 Å². The third kappa shape index (κ3) is 11.3. The second-order valence-corrected chi connectivity index (χ2v) is 21.1. The van der Waals surface area contributed by atoms with Gasteiger partial charge in [-0.3, -0.25) is 28.4 Å². The van der Waals surface area contributed by atoms with Crippen molar-refractivity contribution >= 4 is 92.9 Å². The maximum atomic E-state index is 13.5. The van der Waals surface area contributed by atoms with Crippen LogP contribution in [0.4, 0.5) is 17.1 Å². The van der Waals surface area contributed by atoms with Crippen LogP contribution in [-0.4, -0.2) is 104 Å². The van der Waals surface area contributed by atoms with Gasteiger partial charge in [-0.1, -0.05) is 24.3 Å². The molecular formula is C37H38N4O15S5. The van der Waals surface area contributed by atoms with E-state index in [0.717, 1.165) is 42.7 Å². The largest absolute Gasteiger partial charge is 0.379 e. The van der Waals surface area contributed by atoms with Gasteiger partial charge in [-0.15, -0.1) is 11.8 Å². The number of rotatable bonds is 15. The molecule has 5 rings (SSSR count). The normalized spacial score (nSPS) is 14.3. The Hall–Kier alpha value is -5.05. The lowest BCUT2D eigenvalue weighted by Crippen LogP contribution is -2.40. The zero-order valence-corrected chi connectivity index (χ0v) is 36.7. The molecule has 0 aliphatic carbocycles. The van der Waals surface area contributed by atoms with Gasteiger partial charge in [0.1, 0.15) is 14.7 Å². The lowest BCUT2D eigenvalue weighted by molar-refractivity contribution is -0.387. The molecule has 0 atom stereocenters. The third-order valence-electron chi connectivity index (χ3n) is 8.68. The maximum Gasteiger partial charge on any atom is 0.297 e. The predicted octanol–water partition coefficient (Wildman–Crippen LogP) is 4.78. The van der Waals surface area contributed by atoms with Gasteiger partial charge in [0, 0.05) is 52.8 Å². The number of carbonyl (C=O) groups is 2. The fourth-order valence-corrected chi connectivity index (χ4v) is 11.3. The number of nitrogens with zero attached hydrogens (tertiary/aromatic N) is 2. The highest BCUT2D eigenvalue weighted by molar-refractivity contribution is 7.99. The minimum Gasteiger partial charge on any atom is -0.379 e. The van der Waals surface area contributed by atoms with Crippen molar-refractivity contribution in [2.45, 2.75) is 44.4 Å². The molecule has 1 saturated heterocycles. The molecule has 24 heteroatoms. The molecule has 326 valence electrons. The number of carbonyl (C=O) groups excluding carboxylic acids is 2. The van der Waals surface area contributed by atoms with E-state index in [4.69, 9.17) is 8.92 Å². The van der Waals surface area contributed by atoms with Gasteiger partial charge in [-0.25, -0.2) is 16.8 Å². The van der Waals surface area contributed by atoms with Crippen LogP contribution >= 0.6 is 11.8 Å². The lowest BCUT2D eigenvalue weighted by Gasteiger charge is -2.27. The summed E-state index contributed by atoms with van der Waals surface area (Å²) in [6.45, 7) is 3.55. The van der Waals surface area contributed by atoms with Gasteiger partial charge in [0.2, 0.25) is 10.0 Å². The number of nitro benzene ring substituents is 1. The van der Waals surface area contributed by atoms with Crippen molar-refractivity contribution in [1.29, 1.82) is 0 Å². The molecule has 1 aliphatic heterocycles. The number of morpholine rings is 1. The maximum absolute atomic E-state index is 13.5. The van der Waals surface area contributed by atoms with E-state index >= 15 is 0 Å². The van der Waals surface area contributed by atoms with Crippen molar-refractivity contribution in [2.75, 3.05) is 49.4 Å². The SMILES string of the molecule is CSc1ccc(C(=O)Nc2ccc(C=Cc3ccc(NC(=O)c4ccc(S(C)(=O)=O)c([N+](=O)[O-])c4)cc3S(=O)(=O)OC(C)C)c(S(=O)(=O)O)c2)cc1S(=O)(=O)N1CCOCC1. The minimum atomic E-state index is -5.00. The van der Waals surface area contributed by atoms with Crippen molar-refractivity contribution in [3.8, 4) is 0 Å². The molecule has 0 bridgehead atoms. The highest BCUT2D eigenvalue weighted by atomic mass is 32.2. The molecule has 2 amide bonds. The quantitative estimate of drug-likeness (QED) is 0.0361. The molecule has 4 aromatic carbocycles. The first-order valence-corrected chi connectivity index (χ1v) is 25.1. The number of sulfonamides is 1. The molecule has 1 aliphatic rings. The highest BCUT2D eigenvalue weighted by Gasteiger charge is 2.30. The van der Waals surface area contributed by atoms with E-state index < -0.39 is 83.3 Å². The van der Waals surface area contributed by atoms with E-state index in [1.807, 2.05) is 0 Å². The number of nitro groups is 1. The number of hydrogen-bond donors (Lipinski definition) is 3. The van der Waals surface area contributed by atoms with Crippen LogP contribution in [0.25, 0.3) is 12.2 Å². The first-order valence-electron chi connectivity index (χ1n) is 17.7. The first-order chi connectivity index (χ1) is 28.4. The van der Waals surface area contributed by atoms with E-state index in [0.29, 0.717) is 4.90 Å². The van der Waals surface area contributed by atoms with Crippen molar-refractivity contribution < 1.29 is 61.7 Å². The summed E-state index contributed by atoms with van der Waals surface area (Å²) in [5, 5.41) is 16.5. The van der Waals surface area contributed by atoms with Gasteiger partial charge in [0.15, 0.2) is 9.84 Å². The van der Waals surface area contributed by atoms with Gasteiger partial charge in [0.25, 0.3) is 37.7 Å². The molecule has 1 fully saturated rings. The number of amides is 2. The van der Waals surface area contributed by atoms with Gasteiger partial charge in [0.05, 0.1) is 29.1 Å². The second kappa shape index (κ2) is 18.5. The molecule has 19 nitrogen and oxygen atoms in total. The van der Waals surface area contributed by atoms with Crippen LogP contribution in [0.3, 0.4) is 0 Å². The highest BCUT2D eigenvalue weighted by Crippen LogP contribution is 2.32. The van der Waals surface area contributed by atoms with Crippen LogP contribution in [0.1, 0.15) is 45.7 Å². The summed E-state index contributed by atoms with van der Waals surface area (Å²) in [4.78, 5) is 35.6. The Morgan fingerprint density at radius 1 is 0.787 bits per heavy atom. The Bertz CT molecular complexity index is 2890. The third-order valence-corrected chi connectivity index (χ3v) is 15.1. The molecule has 0 radical (unpaired) electrons. The Balaban J connectivity index is 1.46. The summed E-state index contributed by atoms with van der Waals surface area (Å²) < 4.78 is 125. The smallest absolute Gasteiger partial charge is 0.297 e. The van der Waals surface area contributed by atoms with E-state index in [-0.39, 0.29) is 64.8 Å². The van der Waals surface area contributed by atoms with Gasteiger partial charge >= 0.3 is 0 Å². The number of thioether (sulfide) groups is 1. The topological polar surface area (TPSA) is 280 Å². The average molecular weight is 939 g/mol. The number of anilines is 2. The second-order valence-electron chi connectivity index (χ2n) is 13.4. The van der Waals surface area contributed by atoms with E-state index in [9.17, 15) is 57.9 Å². The first kappa shape index (κ1) is 47.0. The van der Waals surface area contributed by atoms with Crippen LogP contribution in [0, 0.1) is 10.1 Å². The fourth-order valence-electron chi connectivity index (χ4n) is 5.89. The molecule has 1 heterocycles. The molecule has 61 heavy (non-hydrogen) atoms. The minimum absolute atomic E-state index is 0.0647. The number of hydrogen-bond acceptors (Lipinski definition) is 15. The van der Waals surface area contributed by atoms with Gasteiger partial charge in [-0.2, -0.15) is 21.1 Å². The molecule has 0 saturated carbocycles. The summed E-state index contributed by atoms with van der Waals surface area (Å²) in [6.07, 6.45) is 3.93. The zero-order valence-electron chi connectivity index (χ0n) is 32.6. The van der Waals surface area contributed by atoms with Crippen LogP contribution in [0.5, 0.6) is 0 Å². The molecule has 4 aromatic rings. The fraction of sp³-hybridized carbons (Fsp3) is 0.243. The van der Waals surface area contributed by atoms with E-state index in [1.165, 1.54) is 78.5 Å². The number of nitrogens with one attached hydrogen (secondary N) is 2. The molecule has 0 spiro atoms. The Morgan fingerprint density at radius 3 is 1.82 bits per heavy atom. The summed E-state index contributed by atoms with van der Waals surface area (Å²) >= 11 is 1.17. The lowest BCUT2D eigenvalue weighted by atomic mass is 10.1. The standard InChI is InChI=1S/C37H38N4O15S5/c1-23(2)56-61(53,54)34-22-29(39-36(42)26-10-14-32(58(4,46)47)30(19-26)41(44)45)12-8-25(34)6-5-24-7-11-28(21-33(24)60(50,51)52)38-37(43)27-9-13-31(57-3)35(20-27)59(48,49)40-15-17-55-18-16-40/h5-14,19-23H,15-18H2,1-4H3,(H,38,43)(H,39,42)(H,50,51,52).